The Bertz CT molecular complexity index is 1220. The van der Waals surface area contributed by atoms with Crippen molar-refractivity contribution in [3.8, 4) is 5.75 Å². The van der Waals surface area contributed by atoms with Crippen molar-refractivity contribution in [3.05, 3.63) is 84.1 Å². The van der Waals surface area contributed by atoms with Crippen molar-refractivity contribution in [3.63, 3.8) is 0 Å². The number of benzene rings is 2. The van der Waals surface area contributed by atoms with Crippen molar-refractivity contribution in [2.45, 2.75) is 57.7 Å². The van der Waals surface area contributed by atoms with Crippen LogP contribution in [-0.4, -0.2) is 40.8 Å². The summed E-state index contributed by atoms with van der Waals surface area (Å²) in [6, 6.07) is 17.2. The number of hydrogen-bond donors (Lipinski definition) is 1. The minimum Gasteiger partial charge on any atom is -1.00 e. The first kappa shape index (κ1) is 26.7. The van der Waals surface area contributed by atoms with Gasteiger partial charge in [-0.15, -0.1) is 6.58 Å². The van der Waals surface area contributed by atoms with E-state index in [2.05, 4.69) is 62.7 Å². The van der Waals surface area contributed by atoms with Gasteiger partial charge in [0.25, 0.3) is 0 Å². The van der Waals surface area contributed by atoms with Crippen molar-refractivity contribution in [2.24, 2.45) is 11.8 Å². The molecule has 0 radical (unpaired) electrons. The molecule has 1 N–H and O–H groups in total. The van der Waals surface area contributed by atoms with Crippen LogP contribution in [0.25, 0.3) is 10.9 Å². The summed E-state index contributed by atoms with van der Waals surface area (Å²) in [4.78, 5) is 4.55. The Labute approximate surface area is 222 Å². The number of ether oxygens (including phenoxy) is 1. The second-order valence-electron chi connectivity index (χ2n) is 11.7. The molecule has 4 heterocycles. The molecule has 5 atom stereocenters. The van der Waals surface area contributed by atoms with Gasteiger partial charge in [-0.3, -0.25) is 4.98 Å². The zero-order chi connectivity index (χ0) is 24.8. The molecule has 3 saturated heterocycles. The standard InChI is InChI=1S/C31H39N2O2.ClH/c1-6-22-20-33(19-21-7-9-24(10-8-21)31(2,3)4)16-14-23(22)17-29(33)30(34)26-13-15-32-28-12-11-25(35-5)18-27(26)28;/h6-13,15,18,22-23,29-30,34H,1,14,16-17,19-20H2,2-5H3;1H/q+1;/p-1/t22?,23?,29?,30-,33?;/m1./s1. The van der Waals surface area contributed by atoms with Gasteiger partial charge in [0.05, 0.1) is 25.7 Å². The third-order valence-electron chi connectivity index (χ3n) is 8.66. The van der Waals surface area contributed by atoms with Gasteiger partial charge in [0.2, 0.25) is 0 Å². The van der Waals surface area contributed by atoms with E-state index in [9.17, 15) is 5.11 Å². The van der Waals surface area contributed by atoms with Crippen molar-refractivity contribution in [2.75, 3.05) is 20.2 Å². The molecule has 192 valence electrons. The molecule has 4 nitrogen and oxygen atoms in total. The third kappa shape index (κ3) is 4.79. The van der Waals surface area contributed by atoms with Gasteiger partial charge >= 0.3 is 0 Å². The minimum atomic E-state index is -0.560. The molecule has 3 fully saturated rings. The number of rotatable bonds is 6. The van der Waals surface area contributed by atoms with Gasteiger partial charge < -0.3 is 26.7 Å². The molecule has 6 rings (SSSR count). The number of aliphatic hydroxyl groups is 1. The number of pyridine rings is 1. The van der Waals surface area contributed by atoms with E-state index in [1.165, 1.54) is 17.5 Å². The van der Waals surface area contributed by atoms with Gasteiger partial charge in [0.1, 0.15) is 24.4 Å². The summed E-state index contributed by atoms with van der Waals surface area (Å²) >= 11 is 0. The summed E-state index contributed by atoms with van der Waals surface area (Å²) < 4.78 is 6.40. The highest BCUT2D eigenvalue weighted by molar-refractivity contribution is 5.83. The Balaban J connectivity index is 0.00000304. The zero-order valence-electron chi connectivity index (χ0n) is 22.0. The largest absolute Gasteiger partial charge is 1.00 e. The van der Waals surface area contributed by atoms with Crippen LogP contribution in [0.3, 0.4) is 0 Å². The number of halogens is 1. The maximum Gasteiger partial charge on any atom is 0.131 e. The average Bonchev–Trinajstić information content (AvgIpc) is 2.87. The minimum absolute atomic E-state index is 0. The first-order valence-corrected chi connectivity index (χ1v) is 12.9. The van der Waals surface area contributed by atoms with E-state index in [0.717, 1.165) is 52.8 Å². The molecule has 0 saturated carbocycles. The highest BCUT2D eigenvalue weighted by Gasteiger charge is 2.54. The summed E-state index contributed by atoms with van der Waals surface area (Å²) in [7, 11) is 1.68. The van der Waals surface area contributed by atoms with Crippen LogP contribution in [-0.2, 0) is 12.0 Å². The van der Waals surface area contributed by atoms with Crippen LogP contribution in [0.1, 0.15) is 56.4 Å². The maximum atomic E-state index is 12.0. The lowest BCUT2D eigenvalue weighted by molar-refractivity contribution is -0.984. The second kappa shape index (κ2) is 10.2. The maximum absolute atomic E-state index is 12.0. The lowest BCUT2D eigenvalue weighted by Crippen LogP contribution is -3.00. The number of fused-ring (bicyclic) bond motifs is 4. The van der Waals surface area contributed by atoms with E-state index in [4.69, 9.17) is 4.74 Å². The molecule has 0 spiro atoms. The summed E-state index contributed by atoms with van der Waals surface area (Å²) in [6.45, 7) is 14.0. The summed E-state index contributed by atoms with van der Waals surface area (Å²) in [6.07, 6.45) is 5.65. The Morgan fingerprint density at radius 1 is 1.17 bits per heavy atom. The molecule has 0 aliphatic carbocycles. The van der Waals surface area contributed by atoms with E-state index in [1.807, 2.05) is 30.5 Å². The van der Waals surface area contributed by atoms with Crippen LogP contribution in [0.4, 0.5) is 0 Å². The van der Waals surface area contributed by atoms with Gasteiger partial charge in [-0.1, -0.05) is 51.1 Å². The monoisotopic (exact) mass is 506 g/mol. The number of aromatic nitrogens is 1. The summed E-state index contributed by atoms with van der Waals surface area (Å²) in [5, 5.41) is 13.0. The number of methoxy groups -OCH3 is 1. The molecule has 36 heavy (non-hydrogen) atoms. The molecule has 2 aromatic carbocycles. The zero-order valence-corrected chi connectivity index (χ0v) is 22.7. The lowest BCUT2D eigenvalue weighted by atomic mass is 9.71. The van der Waals surface area contributed by atoms with Gasteiger partial charge in [0.15, 0.2) is 0 Å². The third-order valence-corrected chi connectivity index (χ3v) is 8.66. The van der Waals surface area contributed by atoms with Gasteiger partial charge in [0, 0.05) is 35.9 Å². The Morgan fingerprint density at radius 3 is 2.58 bits per heavy atom. The quantitative estimate of drug-likeness (QED) is 0.412. The van der Waals surface area contributed by atoms with Gasteiger partial charge in [-0.2, -0.15) is 0 Å². The van der Waals surface area contributed by atoms with Gasteiger partial charge in [-0.05, 0) is 46.7 Å². The molecule has 1 aromatic heterocycles. The number of hydrogen-bond acceptors (Lipinski definition) is 3. The van der Waals surface area contributed by atoms with Crippen LogP contribution in [0.2, 0.25) is 0 Å². The number of piperidine rings is 3. The molecular weight excluding hydrogens is 468 g/mol. The van der Waals surface area contributed by atoms with E-state index in [1.54, 1.807) is 7.11 Å². The van der Waals surface area contributed by atoms with E-state index < -0.39 is 6.10 Å². The summed E-state index contributed by atoms with van der Waals surface area (Å²) in [5.41, 5.74) is 4.70. The van der Waals surface area contributed by atoms with E-state index in [-0.39, 0.29) is 23.9 Å². The SMILES string of the molecule is C=CC1C[N+]2(Cc3ccc(C(C)(C)C)cc3)CCC1CC2[C@H](O)c1ccnc2ccc(OC)cc12.[Cl-]. The highest BCUT2D eigenvalue weighted by atomic mass is 35.5. The topological polar surface area (TPSA) is 42.4 Å². The van der Waals surface area contributed by atoms with Crippen molar-refractivity contribution in [1.29, 1.82) is 0 Å². The van der Waals surface area contributed by atoms with E-state index in [0.29, 0.717) is 11.8 Å². The van der Waals surface area contributed by atoms with Crippen molar-refractivity contribution >= 4 is 10.9 Å². The fourth-order valence-corrected chi connectivity index (χ4v) is 6.59. The van der Waals surface area contributed by atoms with Crippen LogP contribution < -0.4 is 17.1 Å². The molecule has 4 unspecified atom stereocenters. The normalized spacial score (nSPS) is 26.3. The Kier molecular flexibility index (Phi) is 7.52. The van der Waals surface area contributed by atoms with E-state index >= 15 is 0 Å². The number of quaternary nitrogens is 1. The second-order valence-corrected chi connectivity index (χ2v) is 11.7. The van der Waals surface area contributed by atoms with Crippen molar-refractivity contribution in [1.82, 2.24) is 4.98 Å². The molecule has 0 amide bonds. The molecule has 3 aliphatic heterocycles. The fraction of sp³-hybridized carbons (Fsp3) is 0.452. The molecule has 5 heteroatoms. The predicted octanol–water partition coefficient (Wildman–Crippen LogP) is 3.19. The van der Waals surface area contributed by atoms with Crippen LogP contribution in [0.15, 0.2) is 67.4 Å². The predicted molar refractivity (Wildman–Crippen MR) is 142 cm³/mol. The average molecular weight is 507 g/mol. The highest BCUT2D eigenvalue weighted by Crippen LogP contribution is 2.48. The smallest absolute Gasteiger partial charge is 0.131 e. The first-order valence-electron chi connectivity index (χ1n) is 12.9. The summed E-state index contributed by atoms with van der Waals surface area (Å²) in [5.74, 6) is 1.90. The first-order chi connectivity index (χ1) is 16.7. The molecular formula is C31H39ClN2O2. The van der Waals surface area contributed by atoms with Crippen LogP contribution >= 0.6 is 0 Å². The van der Waals surface area contributed by atoms with Gasteiger partial charge in [-0.25, -0.2) is 0 Å². The molecule has 3 aliphatic rings. The number of nitrogens with zero attached hydrogens (tertiary/aromatic N) is 2. The number of aliphatic hydroxyl groups excluding tert-OH is 1. The van der Waals surface area contributed by atoms with Crippen LogP contribution in [0.5, 0.6) is 5.75 Å². The fourth-order valence-electron chi connectivity index (χ4n) is 6.59. The Morgan fingerprint density at radius 2 is 1.92 bits per heavy atom. The Hall–Kier alpha value is -2.40. The molecule has 3 aromatic rings. The van der Waals surface area contributed by atoms with Crippen LogP contribution in [0, 0.1) is 11.8 Å². The molecule has 2 bridgehead atoms. The lowest BCUT2D eigenvalue weighted by Gasteiger charge is -2.58. The van der Waals surface area contributed by atoms with Crippen molar-refractivity contribution < 1.29 is 26.7 Å².